The van der Waals surface area contributed by atoms with Crippen molar-refractivity contribution >= 4 is 6.08 Å². The molecule has 0 radical (unpaired) electrons. The summed E-state index contributed by atoms with van der Waals surface area (Å²) < 4.78 is 16.9. The van der Waals surface area contributed by atoms with E-state index in [1.165, 1.54) is 5.56 Å². The van der Waals surface area contributed by atoms with Gasteiger partial charge in [0.1, 0.15) is 12.4 Å². The number of ether oxygens (including phenoxy) is 3. The normalized spacial score (nSPS) is 28.8. The number of hydrogen-bond acceptors (Lipinski definition) is 3. The molecule has 0 aromatic heterocycles. The van der Waals surface area contributed by atoms with Gasteiger partial charge >= 0.3 is 0 Å². The van der Waals surface area contributed by atoms with E-state index < -0.39 is 5.79 Å². The number of hydrogen-bond donors (Lipinski definition) is 0. The second kappa shape index (κ2) is 4.59. The molecule has 0 amide bonds. The Morgan fingerprint density at radius 1 is 1.28 bits per heavy atom. The molecular formula is C15H16O3. The van der Waals surface area contributed by atoms with Crippen molar-refractivity contribution in [3.8, 4) is 0 Å². The van der Waals surface area contributed by atoms with Crippen molar-refractivity contribution in [2.75, 3.05) is 19.8 Å². The molecule has 1 unspecified atom stereocenters. The Balaban J connectivity index is 1.78. The highest BCUT2D eigenvalue weighted by atomic mass is 16.7. The maximum Gasteiger partial charge on any atom is 0.254 e. The molecule has 0 saturated carbocycles. The monoisotopic (exact) mass is 244 g/mol. The Morgan fingerprint density at radius 3 is 3.00 bits per heavy atom. The van der Waals surface area contributed by atoms with E-state index in [1.807, 2.05) is 24.3 Å². The van der Waals surface area contributed by atoms with Crippen molar-refractivity contribution in [2.24, 2.45) is 0 Å². The standard InChI is InChI=1S/C15H16O3/c1-12-3-2-4-13(9-12)10-14-5-6-15(18-14)11-16-7-8-17-15/h2-6,9-10H,7-8,11H2,1H3/b14-10-. The van der Waals surface area contributed by atoms with Crippen LogP contribution in [0.15, 0.2) is 42.2 Å². The zero-order valence-corrected chi connectivity index (χ0v) is 10.4. The van der Waals surface area contributed by atoms with Gasteiger partial charge in [-0.25, -0.2) is 0 Å². The minimum Gasteiger partial charge on any atom is -0.456 e. The number of allylic oxidation sites excluding steroid dienone is 1. The first-order valence-corrected chi connectivity index (χ1v) is 6.14. The highest BCUT2D eigenvalue weighted by Crippen LogP contribution is 2.30. The first-order valence-electron chi connectivity index (χ1n) is 6.14. The zero-order chi connectivity index (χ0) is 12.4. The quantitative estimate of drug-likeness (QED) is 0.760. The summed E-state index contributed by atoms with van der Waals surface area (Å²) in [4.78, 5) is 0. The van der Waals surface area contributed by atoms with Crippen molar-refractivity contribution in [3.63, 3.8) is 0 Å². The van der Waals surface area contributed by atoms with Gasteiger partial charge in [-0.1, -0.05) is 29.8 Å². The zero-order valence-electron chi connectivity index (χ0n) is 10.4. The molecule has 94 valence electrons. The molecule has 1 fully saturated rings. The minimum absolute atomic E-state index is 0.453. The summed E-state index contributed by atoms with van der Waals surface area (Å²) in [6.07, 6.45) is 5.88. The van der Waals surface area contributed by atoms with Crippen LogP contribution in [0.1, 0.15) is 11.1 Å². The maximum absolute atomic E-state index is 5.84. The van der Waals surface area contributed by atoms with Crippen LogP contribution in [0.5, 0.6) is 0 Å². The second-order valence-corrected chi connectivity index (χ2v) is 4.61. The lowest BCUT2D eigenvalue weighted by Gasteiger charge is -2.31. The molecule has 3 rings (SSSR count). The third kappa shape index (κ3) is 2.33. The van der Waals surface area contributed by atoms with E-state index in [4.69, 9.17) is 14.2 Å². The Kier molecular flexibility index (Phi) is 2.94. The van der Waals surface area contributed by atoms with Gasteiger partial charge < -0.3 is 14.2 Å². The van der Waals surface area contributed by atoms with E-state index in [0.29, 0.717) is 19.8 Å². The van der Waals surface area contributed by atoms with Gasteiger partial charge in [-0.2, -0.15) is 0 Å². The summed E-state index contributed by atoms with van der Waals surface area (Å²) in [5.74, 6) is 0.111. The molecule has 1 aromatic rings. The predicted octanol–water partition coefficient (Wildman–Crippen LogP) is 2.67. The fourth-order valence-electron chi connectivity index (χ4n) is 2.16. The Hall–Kier alpha value is -1.58. The van der Waals surface area contributed by atoms with Crippen LogP contribution < -0.4 is 0 Å². The molecular weight excluding hydrogens is 228 g/mol. The summed E-state index contributed by atoms with van der Waals surface area (Å²) in [5, 5.41) is 0. The van der Waals surface area contributed by atoms with Crippen LogP contribution >= 0.6 is 0 Å². The van der Waals surface area contributed by atoms with E-state index in [0.717, 1.165) is 11.3 Å². The van der Waals surface area contributed by atoms with Crippen LogP contribution in [0.2, 0.25) is 0 Å². The largest absolute Gasteiger partial charge is 0.456 e. The van der Waals surface area contributed by atoms with Crippen molar-refractivity contribution in [1.82, 2.24) is 0 Å². The van der Waals surface area contributed by atoms with Gasteiger partial charge in [0.25, 0.3) is 5.79 Å². The predicted molar refractivity (Wildman–Crippen MR) is 68.9 cm³/mol. The number of aryl methyl sites for hydroxylation is 1. The molecule has 1 atom stereocenters. The molecule has 3 nitrogen and oxygen atoms in total. The molecule has 1 spiro atoms. The smallest absolute Gasteiger partial charge is 0.254 e. The lowest BCUT2D eigenvalue weighted by molar-refractivity contribution is -0.239. The molecule has 1 saturated heterocycles. The summed E-state index contributed by atoms with van der Waals surface area (Å²) >= 11 is 0. The van der Waals surface area contributed by atoms with Crippen LogP contribution in [0.4, 0.5) is 0 Å². The van der Waals surface area contributed by atoms with E-state index in [2.05, 4.69) is 25.1 Å². The molecule has 1 aromatic carbocycles. The van der Waals surface area contributed by atoms with E-state index in [9.17, 15) is 0 Å². The van der Waals surface area contributed by atoms with Crippen LogP contribution in [0.3, 0.4) is 0 Å². The fourth-order valence-corrected chi connectivity index (χ4v) is 2.16. The van der Waals surface area contributed by atoms with Crippen LogP contribution in [0.25, 0.3) is 6.08 Å². The summed E-state index contributed by atoms with van der Waals surface area (Å²) in [6, 6.07) is 8.29. The van der Waals surface area contributed by atoms with E-state index in [-0.39, 0.29) is 0 Å². The van der Waals surface area contributed by atoms with E-state index >= 15 is 0 Å². The summed E-state index contributed by atoms with van der Waals surface area (Å²) in [5.41, 5.74) is 2.36. The van der Waals surface area contributed by atoms with Crippen molar-refractivity contribution in [3.05, 3.63) is 53.3 Å². The molecule has 0 aliphatic carbocycles. The Morgan fingerprint density at radius 2 is 2.22 bits per heavy atom. The van der Waals surface area contributed by atoms with Crippen molar-refractivity contribution in [2.45, 2.75) is 12.7 Å². The van der Waals surface area contributed by atoms with Gasteiger partial charge in [-0.3, -0.25) is 0 Å². The summed E-state index contributed by atoms with van der Waals surface area (Å²) in [6.45, 7) is 3.74. The third-order valence-corrected chi connectivity index (χ3v) is 3.02. The minimum atomic E-state index is -0.700. The molecule has 18 heavy (non-hydrogen) atoms. The van der Waals surface area contributed by atoms with Crippen molar-refractivity contribution in [1.29, 1.82) is 0 Å². The molecule has 0 N–H and O–H groups in total. The average molecular weight is 244 g/mol. The maximum atomic E-state index is 5.84. The topological polar surface area (TPSA) is 27.7 Å². The SMILES string of the molecule is Cc1cccc(/C=C2/C=CC3(COCCO3)O2)c1. The van der Waals surface area contributed by atoms with Gasteiger partial charge in [-0.15, -0.1) is 0 Å². The lowest BCUT2D eigenvalue weighted by Crippen LogP contribution is -2.41. The number of rotatable bonds is 1. The second-order valence-electron chi connectivity index (χ2n) is 4.61. The van der Waals surface area contributed by atoms with Crippen LogP contribution in [-0.4, -0.2) is 25.6 Å². The average Bonchev–Trinajstić information content (AvgIpc) is 2.73. The molecule has 0 bridgehead atoms. The van der Waals surface area contributed by atoms with Crippen LogP contribution in [0, 0.1) is 6.92 Å². The number of benzene rings is 1. The Labute approximate surface area is 107 Å². The first-order chi connectivity index (χ1) is 8.76. The van der Waals surface area contributed by atoms with Gasteiger partial charge in [0.15, 0.2) is 0 Å². The van der Waals surface area contributed by atoms with Gasteiger partial charge in [0.05, 0.1) is 13.2 Å². The molecule has 3 heteroatoms. The van der Waals surface area contributed by atoms with Crippen LogP contribution in [-0.2, 0) is 14.2 Å². The summed E-state index contributed by atoms with van der Waals surface area (Å²) in [7, 11) is 0. The van der Waals surface area contributed by atoms with Gasteiger partial charge in [-0.05, 0) is 30.7 Å². The molecule has 2 heterocycles. The lowest BCUT2D eigenvalue weighted by atomic mass is 10.1. The van der Waals surface area contributed by atoms with Crippen molar-refractivity contribution < 1.29 is 14.2 Å². The van der Waals surface area contributed by atoms with Gasteiger partial charge in [0, 0.05) is 0 Å². The van der Waals surface area contributed by atoms with Gasteiger partial charge in [0.2, 0.25) is 0 Å². The van der Waals surface area contributed by atoms with E-state index in [1.54, 1.807) is 0 Å². The fraction of sp³-hybridized carbons (Fsp3) is 0.333. The first kappa shape index (κ1) is 11.5. The molecule has 2 aliphatic rings. The highest BCUT2D eigenvalue weighted by Gasteiger charge is 2.37. The third-order valence-electron chi connectivity index (χ3n) is 3.02. The molecule has 2 aliphatic heterocycles. The highest BCUT2D eigenvalue weighted by molar-refractivity contribution is 5.55. The Bertz CT molecular complexity index is 496.